The lowest BCUT2D eigenvalue weighted by Crippen LogP contribution is -2.52. The number of aromatic hydroxyl groups is 1. The molecule has 0 aliphatic carbocycles. The van der Waals surface area contributed by atoms with E-state index in [2.05, 4.69) is 38.1 Å². The summed E-state index contributed by atoms with van der Waals surface area (Å²) in [7, 11) is 0. The van der Waals surface area contributed by atoms with Crippen molar-refractivity contribution in [2.45, 2.75) is 83.6 Å². The number of amides is 4. The predicted molar refractivity (Wildman–Crippen MR) is 187 cm³/mol. The molecular weight excluding hydrogens is 634 g/mol. The molecule has 2 heterocycles. The second-order valence-electron chi connectivity index (χ2n) is 12.7. The Morgan fingerprint density at radius 3 is 2.50 bits per heavy atom. The number of hydrogen-bond acceptors (Lipinski definition) is 9. The van der Waals surface area contributed by atoms with Gasteiger partial charge in [0.15, 0.2) is 5.96 Å². The van der Waals surface area contributed by atoms with Crippen LogP contribution in [-0.4, -0.2) is 89.9 Å². The van der Waals surface area contributed by atoms with Crippen LogP contribution in [0.5, 0.6) is 5.75 Å². The van der Waals surface area contributed by atoms with E-state index in [1.54, 1.807) is 12.1 Å². The van der Waals surface area contributed by atoms with Gasteiger partial charge in [-0.2, -0.15) is 11.3 Å². The minimum absolute atomic E-state index is 0.00147. The molecule has 11 N–H and O–H groups in total. The molecule has 1 aliphatic rings. The summed E-state index contributed by atoms with van der Waals surface area (Å²) in [6.07, 6.45) is 1.25. The Hall–Kier alpha value is -4.21. The molecule has 1 aromatic carbocycles. The molecule has 4 amide bonds. The number of guanidine groups is 1. The molecule has 1 aromatic heterocycles. The number of phenols is 1. The van der Waals surface area contributed by atoms with Crippen molar-refractivity contribution in [1.29, 1.82) is 0 Å². The second-order valence-corrected chi connectivity index (χ2v) is 13.5. The molecule has 1 fully saturated rings. The fourth-order valence-electron chi connectivity index (χ4n) is 5.60. The number of nitrogens with zero attached hydrogens (tertiary/aromatic N) is 2. The number of rotatable bonds is 18. The number of nitrogens with one attached hydrogen (secondary N) is 4. The van der Waals surface area contributed by atoms with Gasteiger partial charge in [-0.1, -0.05) is 19.9 Å². The molecule has 15 heteroatoms. The Labute approximate surface area is 286 Å². The van der Waals surface area contributed by atoms with Gasteiger partial charge in [-0.25, -0.2) is 0 Å². The average molecular weight is 686 g/mol. The van der Waals surface area contributed by atoms with Gasteiger partial charge < -0.3 is 43.6 Å². The number of hydrogen-bond donors (Lipinski definition) is 8. The molecule has 2 unspecified atom stereocenters. The summed E-state index contributed by atoms with van der Waals surface area (Å²) in [6, 6.07) is 4.46. The third-order valence-electron chi connectivity index (χ3n) is 8.16. The van der Waals surface area contributed by atoms with Crippen molar-refractivity contribution in [3.8, 4) is 5.75 Å². The van der Waals surface area contributed by atoms with Gasteiger partial charge in [-0.15, -0.1) is 0 Å². The van der Waals surface area contributed by atoms with Crippen molar-refractivity contribution in [3.63, 3.8) is 0 Å². The number of carbonyl (C=O) groups excluding carboxylic acids is 4. The summed E-state index contributed by atoms with van der Waals surface area (Å²) in [5, 5.41) is 26.3. The van der Waals surface area contributed by atoms with Crippen molar-refractivity contribution in [2.24, 2.45) is 28.1 Å². The largest absolute Gasteiger partial charge is 0.508 e. The molecule has 2 aromatic rings. The number of thiophene rings is 1. The van der Waals surface area contributed by atoms with Crippen LogP contribution in [0.2, 0.25) is 0 Å². The van der Waals surface area contributed by atoms with E-state index in [9.17, 15) is 24.3 Å². The molecule has 0 saturated carbocycles. The van der Waals surface area contributed by atoms with Gasteiger partial charge in [0.05, 0.1) is 0 Å². The first-order valence-corrected chi connectivity index (χ1v) is 17.3. The first-order chi connectivity index (χ1) is 22.8. The summed E-state index contributed by atoms with van der Waals surface area (Å²) in [5.74, 6) is -2.06. The monoisotopic (exact) mass is 685 g/mol. The summed E-state index contributed by atoms with van der Waals surface area (Å²) in [4.78, 5) is 58.4. The average Bonchev–Trinajstić information content (AvgIpc) is 3.53. The van der Waals surface area contributed by atoms with E-state index in [0.29, 0.717) is 31.0 Å². The van der Waals surface area contributed by atoms with Crippen LogP contribution in [0.4, 0.5) is 0 Å². The molecule has 0 bridgehead atoms. The van der Waals surface area contributed by atoms with Gasteiger partial charge in [-0.05, 0) is 66.6 Å². The number of primary amides is 1. The van der Waals surface area contributed by atoms with Gasteiger partial charge >= 0.3 is 0 Å². The summed E-state index contributed by atoms with van der Waals surface area (Å²) >= 11 is 1.48. The molecule has 1 saturated heterocycles. The normalized spacial score (nSPS) is 16.8. The second kappa shape index (κ2) is 19.0. The van der Waals surface area contributed by atoms with Gasteiger partial charge in [-0.3, -0.25) is 29.1 Å². The highest BCUT2D eigenvalue weighted by Crippen LogP contribution is 2.22. The Bertz CT molecular complexity index is 1400. The van der Waals surface area contributed by atoms with E-state index >= 15 is 0 Å². The van der Waals surface area contributed by atoms with Gasteiger partial charge in [0.25, 0.3) is 5.91 Å². The zero-order valence-corrected chi connectivity index (χ0v) is 28.9. The summed E-state index contributed by atoms with van der Waals surface area (Å²) in [6.45, 7) is 9.42. The Balaban J connectivity index is 1.70. The van der Waals surface area contributed by atoms with Gasteiger partial charge in [0.2, 0.25) is 17.7 Å². The molecule has 48 heavy (non-hydrogen) atoms. The van der Waals surface area contributed by atoms with E-state index in [1.165, 1.54) is 17.4 Å². The zero-order valence-electron chi connectivity index (χ0n) is 28.0. The van der Waals surface area contributed by atoms with Crippen molar-refractivity contribution >= 4 is 40.9 Å². The number of piperazine rings is 1. The molecule has 1 aliphatic heterocycles. The Morgan fingerprint density at radius 1 is 1.10 bits per heavy atom. The van der Waals surface area contributed by atoms with E-state index in [1.807, 2.05) is 30.7 Å². The van der Waals surface area contributed by atoms with Gasteiger partial charge in [0.1, 0.15) is 17.8 Å². The van der Waals surface area contributed by atoms with Crippen LogP contribution in [0.15, 0.2) is 40.0 Å². The third kappa shape index (κ3) is 12.8. The van der Waals surface area contributed by atoms with Crippen LogP contribution in [-0.2, 0) is 27.3 Å². The fourth-order valence-corrected chi connectivity index (χ4v) is 6.28. The smallest absolute Gasteiger partial charge is 0.252 e. The van der Waals surface area contributed by atoms with Crippen LogP contribution < -0.4 is 38.5 Å². The Morgan fingerprint density at radius 2 is 1.88 bits per heavy atom. The highest BCUT2D eigenvalue weighted by atomic mass is 32.1. The highest BCUT2D eigenvalue weighted by Gasteiger charge is 2.27. The standard InChI is InChI=1S/C33H51N9O5S/c1-20(2)13-25(16-29(44)40-27(30(34)45)14-22-8-12-48-19-22)39-32(47)26(5-4-9-38-33(35)36)41-31(46)23-6-7-24(28(43)15-23)18-42-11-10-37-17-21(42)3/h6-8,12,15,19-21,25-27,37,43H,4-5,9-11,13-14,16-18H2,1-3H3,(H2,34,45)(H,39,47)(H,40,44)(H,41,46)(H4,35,36,38)/t21-,25?,26-,27?/m0/s1. The fraction of sp³-hybridized carbons (Fsp3) is 0.545. The van der Waals surface area contributed by atoms with E-state index in [4.69, 9.17) is 17.2 Å². The molecule has 4 atom stereocenters. The molecule has 3 rings (SSSR count). The van der Waals surface area contributed by atoms with Crippen LogP contribution in [0, 0.1) is 5.92 Å². The number of nitrogens with two attached hydrogens (primary N) is 3. The van der Waals surface area contributed by atoms with Crippen molar-refractivity contribution in [2.75, 3.05) is 26.2 Å². The molecule has 264 valence electrons. The quantitative estimate of drug-likeness (QED) is 0.0621. The zero-order chi connectivity index (χ0) is 35.2. The number of carbonyl (C=O) groups is 4. The first-order valence-electron chi connectivity index (χ1n) is 16.3. The highest BCUT2D eigenvalue weighted by molar-refractivity contribution is 7.07. The van der Waals surface area contributed by atoms with E-state index < -0.39 is 41.8 Å². The lowest BCUT2D eigenvalue weighted by molar-refractivity contribution is -0.128. The lowest BCUT2D eigenvalue weighted by atomic mass is 9.99. The number of benzene rings is 1. The summed E-state index contributed by atoms with van der Waals surface area (Å²) < 4.78 is 0. The number of aliphatic imine (C=N–C) groups is 1. The predicted octanol–water partition coefficient (Wildman–Crippen LogP) is 0.533. The Kier molecular flexibility index (Phi) is 15.1. The topological polar surface area (TPSA) is 230 Å². The third-order valence-corrected chi connectivity index (χ3v) is 8.89. The van der Waals surface area contributed by atoms with Crippen molar-refractivity contribution in [3.05, 3.63) is 51.7 Å². The first kappa shape index (κ1) is 38.2. The maximum atomic E-state index is 13.7. The maximum absolute atomic E-state index is 13.7. The molecule has 0 spiro atoms. The van der Waals surface area contributed by atoms with Gasteiger partial charge in [0, 0.05) is 68.8 Å². The minimum atomic E-state index is -0.982. The minimum Gasteiger partial charge on any atom is -0.508 e. The molecule has 14 nitrogen and oxygen atoms in total. The van der Waals surface area contributed by atoms with Crippen molar-refractivity contribution < 1.29 is 24.3 Å². The van der Waals surface area contributed by atoms with E-state index in [0.717, 1.165) is 25.2 Å². The van der Waals surface area contributed by atoms with Crippen molar-refractivity contribution in [1.82, 2.24) is 26.2 Å². The SMILES string of the molecule is CC(C)CC(CC(=O)NC(Cc1ccsc1)C(N)=O)NC(=O)[C@H](CCCN=C(N)N)NC(=O)c1ccc(CN2CCNC[C@@H]2C)c(O)c1. The number of phenolic OH excluding ortho intramolecular Hbond substituents is 1. The van der Waals surface area contributed by atoms with Crippen LogP contribution >= 0.6 is 11.3 Å². The van der Waals surface area contributed by atoms with Crippen LogP contribution in [0.3, 0.4) is 0 Å². The summed E-state index contributed by atoms with van der Waals surface area (Å²) in [5.41, 5.74) is 18.3. The maximum Gasteiger partial charge on any atom is 0.252 e. The molecule has 0 radical (unpaired) electrons. The lowest BCUT2D eigenvalue weighted by Gasteiger charge is -2.34. The van der Waals surface area contributed by atoms with Crippen LogP contribution in [0.25, 0.3) is 0 Å². The van der Waals surface area contributed by atoms with E-state index in [-0.39, 0.29) is 49.0 Å². The van der Waals surface area contributed by atoms with Crippen LogP contribution in [0.1, 0.15) is 67.9 Å². The molecular formula is C33H51N9O5S.